The summed E-state index contributed by atoms with van der Waals surface area (Å²) in [5.74, 6) is 0.891. The Morgan fingerprint density at radius 1 is 1.40 bits per heavy atom. The minimum Gasteiger partial charge on any atom is -0.469 e. The largest absolute Gasteiger partial charge is 0.469 e. The first-order valence-electron chi connectivity index (χ1n) is 6.38. The maximum atomic E-state index is 11.7. The standard InChI is InChI=1S/C14H18N2O3S/c1-18-8-6-15-14(17)16-10-11(12-4-2-7-19-12)13-5-3-9-20-13/h2-5,7,9,11H,6,8,10H2,1H3,(H2,15,16,17)/t11-/m0/s1. The molecule has 0 aliphatic rings. The second-order valence-corrected chi connectivity index (χ2v) is 5.19. The zero-order chi connectivity index (χ0) is 14.2. The number of carbonyl (C=O) groups excluding carboxylic acids is 1. The van der Waals surface area contributed by atoms with E-state index in [4.69, 9.17) is 9.15 Å². The van der Waals surface area contributed by atoms with Gasteiger partial charge in [0, 0.05) is 25.1 Å². The van der Waals surface area contributed by atoms with Crippen molar-refractivity contribution >= 4 is 17.4 Å². The zero-order valence-corrected chi connectivity index (χ0v) is 12.1. The van der Waals surface area contributed by atoms with Gasteiger partial charge in [-0.25, -0.2) is 4.79 Å². The number of thiophene rings is 1. The fourth-order valence-electron chi connectivity index (χ4n) is 1.84. The van der Waals surface area contributed by atoms with Gasteiger partial charge >= 0.3 is 6.03 Å². The highest BCUT2D eigenvalue weighted by molar-refractivity contribution is 7.10. The third kappa shape index (κ3) is 4.11. The van der Waals surface area contributed by atoms with Crippen LogP contribution < -0.4 is 10.6 Å². The molecule has 2 rings (SSSR count). The van der Waals surface area contributed by atoms with Crippen molar-refractivity contribution in [2.75, 3.05) is 26.8 Å². The fraction of sp³-hybridized carbons (Fsp3) is 0.357. The van der Waals surface area contributed by atoms with E-state index < -0.39 is 0 Å². The summed E-state index contributed by atoms with van der Waals surface area (Å²) in [5, 5.41) is 7.60. The van der Waals surface area contributed by atoms with Gasteiger partial charge in [-0.3, -0.25) is 0 Å². The first-order chi connectivity index (χ1) is 9.81. The fourth-order valence-corrected chi connectivity index (χ4v) is 2.68. The van der Waals surface area contributed by atoms with Crippen molar-refractivity contribution in [3.8, 4) is 0 Å². The van der Waals surface area contributed by atoms with Crippen LogP contribution in [0.3, 0.4) is 0 Å². The number of carbonyl (C=O) groups is 1. The lowest BCUT2D eigenvalue weighted by molar-refractivity contribution is 0.196. The van der Waals surface area contributed by atoms with Crippen molar-refractivity contribution in [1.29, 1.82) is 0 Å². The predicted molar refractivity (Wildman–Crippen MR) is 78.1 cm³/mol. The molecule has 108 valence electrons. The molecule has 6 heteroatoms. The topological polar surface area (TPSA) is 63.5 Å². The van der Waals surface area contributed by atoms with Gasteiger partial charge in [-0.2, -0.15) is 0 Å². The molecule has 0 aliphatic heterocycles. The summed E-state index contributed by atoms with van der Waals surface area (Å²) in [6.45, 7) is 1.49. The molecular formula is C14H18N2O3S. The highest BCUT2D eigenvalue weighted by Gasteiger charge is 2.18. The second-order valence-electron chi connectivity index (χ2n) is 4.21. The van der Waals surface area contributed by atoms with Gasteiger partial charge in [0.1, 0.15) is 5.76 Å². The average Bonchev–Trinajstić information content (AvgIpc) is 3.12. The molecule has 0 aromatic carbocycles. The molecular weight excluding hydrogens is 276 g/mol. The van der Waals surface area contributed by atoms with Gasteiger partial charge in [-0.15, -0.1) is 11.3 Å². The van der Waals surface area contributed by atoms with Crippen LogP contribution in [0.5, 0.6) is 0 Å². The average molecular weight is 294 g/mol. The number of urea groups is 1. The van der Waals surface area contributed by atoms with E-state index in [1.807, 2.05) is 29.6 Å². The van der Waals surface area contributed by atoms with E-state index in [9.17, 15) is 4.79 Å². The molecule has 0 fully saturated rings. The highest BCUT2D eigenvalue weighted by atomic mass is 32.1. The Labute approximate surface area is 121 Å². The van der Waals surface area contributed by atoms with Crippen molar-refractivity contribution in [3.05, 3.63) is 46.5 Å². The van der Waals surface area contributed by atoms with E-state index in [1.54, 1.807) is 24.7 Å². The SMILES string of the molecule is COCCNC(=O)NC[C@@H](c1ccco1)c1cccs1. The number of methoxy groups -OCH3 is 1. The Balaban J connectivity index is 1.91. The van der Waals surface area contributed by atoms with Crippen molar-refractivity contribution in [1.82, 2.24) is 10.6 Å². The van der Waals surface area contributed by atoms with E-state index in [-0.39, 0.29) is 11.9 Å². The van der Waals surface area contributed by atoms with E-state index in [1.165, 1.54) is 0 Å². The van der Waals surface area contributed by atoms with Gasteiger partial charge in [0.15, 0.2) is 0 Å². The number of amides is 2. The molecule has 2 heterocycles. The summed E-state index contributed by atoms with van der Waals surface area (Å²) in [6, 6.07) is 7.62. The van der Waals surface area contributed by atoms with Gasteiger partial charge in [-0.1, -0.05) is 6.07 Å². The molecule has 0 spiro atoms. The smallest absolute Gasteiger partial charge is 0.314 e. The van der Waals surface area contributed by atoms with Crippen molar-refractivity contribution in [2.45, 2.75) is 5.92 Å². The summed E-state index contributed by atoms with van der Waals surface area (Å²) in [6.07, 6.45) is 1.65. The van der Waals surface area contributed by atoms with Crippen LogP contribution in [-0.4, -0.2) is 32.8 Å². The Kier molecular flexibility index (Phi) is 5.64. The molecule has 2 N–H and O–H groups in total. The molecule has 2 aromatic rings. The quantitative estimate of drug-likeness (QED) is 0.771. The lowest BCUT2D eigenvalue weighted by atomic mass is 10.1. The van der Waals surface area contributed by atoms with Crippen LogP contribution in [0.4, 0.5) is 4.79 Å². The molecule has 0 saturated carbocycles. The molecule has 0 bridgehead atoms. The summed E-state index contributed by atoms with van der Waals surface area (Å²) in [5.41, 5.74) is 0. The van der Waals surface area contributed by atoms with Gasteiger partial charge in [-0.05, 0) is 23.6 Å². The number of ether oxygens (including phenoxy) is 1. The molecule has 2 aromatic heterocycles. The Hall–Kier alpha value is -1.79. The molecule has 1 atom stereocenters. The third-order valence-electron chi connectivity index (χ3n) is 2.83. The van der Waals surface area contributed by atoms with Crippen LogP contribution >= 0.6 is 11.3 Å². The molecule has 0 unspecified atom stereocenters. The normalized spacial score (nSPS) is 12.1. The maximum Gasteiger partial charge on any atom is 0.314 e. The lowest BCUT2D eigenvalue weighted by Crippen LogP contribution is -2.39. The number of hydrogen-bond acceptors (Lipinski definition) is 4. The van der Waals surface area contributed by atoms with Gasteiger partial charge in [0.2, 0.25) is 0 Å². The van der Waals surface area contributed by atoms with Crippen molar-refractivity contribution in [2.24, 2.45) is 0 Å². The van der Waals surface area contributed by atoms with E-state index in [0.717, 1.165) is 10.6 Å². The molecule has 0 saturated heterocycles. The van der Waals surface area contributed by atoms with Gasteiger partial charge in [0.25, 0.3) is 0 Å². The molecule has 5 nitrogen and oxygen atoms in total. The van der Waals surface area contributed by atoms with E-state index in [2.05, 4.69) is 10.6 Å². The van der Waals surface area contributed by atoms with E-state index in [0.29, 0.717) is 19.7 Å². The van der Waals surface area contributed by atoms with Crippen molar-refractivity contribution < 1.29 is 13.9 Å². The molecule has 0 aliphatic carbocycles. The van der Waals surface area contributed by atoms with Gasteiger partial charge < -0.3 is 19.8 Å². The Morgan fingerprint density at radius 2 is 2.30 bits per heavy atom. The van der Waals surface area contributed by atoms with Crippen LogP contribution in [0, 0.1) is 0 Å². The Morgan fingerprint density at radius 3 is 2.95 bits per heavy atom. The second kappa shape index (κ2) is 7.72. The van der Waals surface area contributed by atoms with Crippen LogP contribution in [0.15, 0.2) is 40.3 Å². The minimum atomic E-state index is -0.199. The maximum absolute atomic E-state index is 11.7. The summed E-state index contributed by atoms with van der Waals surface area (Å²) in [4.78, 5) is 12.8. The number of rotatable bonds is 7. The van der Waals surface area contributed by atoms with Crippen LogP contribution in [0.25, 0.3) is 0 Å². The summed E-state index contributed by atoms with van der Waals surface area (Å²) >= 11 is 1.65. The zero-order valence-electron chi connectivity index (χ0n) is 11.3. The molecule has 0 radical (unpaired) electrons. The lowest BCUT2D eigenvalue weighted by Gasteiger charge is -2.14. The van der Waals surface area contributed by atoms with E-state index >= 15 is 0 Å². The minimum absolute atomic E-state index is 0.0400. The number of hydrogen-bond donors (Lipinski definition) is 2. The van der Waals surface area contributed by atoms with Crippen molar-refractivity contribution in [3.63, 3.8) is 0 Å². The number of nitrogens with one attached hydrogen (secondary N) is 2. The Bertz CT molecular complexity index is 462. The highest BCUT2D eigenvalue weighted by Crippen LogP contribution is 2.27. The number of furan rings is 1. The summed E-state index contributed by atoms with van der Waals surface area (Å²) in [7, 11) is 1.60. The van der Waals surface area contributed by atoms with Crippen LogP contribution in [0.2, 0.25) is 0 Å². The first kappa shape index (κ1) is 14.6. The molecule has 20 heavy (non-hydrogen) atoms. The summed E-state index contributed by atoms with van der Waals surface area (Å²) < 4.78 is 10.3. The third-order valence-corrected chi connectivity index (χ3v) is 3.82. The molecule has 2 amide bonds. The van der Waals surface area contributed by atoms with Crippen LogP contribution in [-0.2, 0) is 4.74 Å². The predicted octanol–water partition coefficient (Wildman–Crippen LogP) is 2.42. The monoisotopic (exact) mass is 294 g/mol. The van der Waals surface area contributed by atoms with Crippen LogP contribution in [0.1, 0.15) is 16.6 Å². The van der Waals surface area contributed by atoms with Gasteiger partial charge in [0.05, 0.1) is 18.8 Å². The first-order valence-corrected chi connectivity index (χ1v) is 7.26.